The predicted octanol–water partition coefficient (Wildman–Crippen LogP) is 3.71. The number of carbonyl (C=O) groups is 2. The quantitative estimate of drug-likeness (QED) is 0.712. The second kappa shape index (κ2) is 8.08. The summed E-state index contributed by atoms with van der Waals surface area (Å²) in [7, 11) is 1.60. The van der Waals surface area contributed by atoms with Crippen molar-refractivity contribution in [3.05, 3.63) is 70.9 Å². The molecule has 0 atom stereocenters. The smallest absolute Gasteiger partial charge is 0.272 e. The van der Waals surface area contributed by atoms with Gasteiger partial charge in [0.2, 0.25) is 5.91 Å². The molecular formula is C22H24N4O2. The average Bonchev–Trinajstić information content (AvgIpc) is 3.15. The Kier molecular flexibility index (Phi) is 5.59. The van der Waals surface area contributed by atoms with Gasteiger partial charge in [-0.3, -0.25) is 14.7 Å². The number of carbonyl (C=O) groups excluding carboxylic acids is 2. The number of anilines is 1. The summed E-state index contributed by atoms with van der Waals surface area (Å²) in [5, 5.41) is 9.87. The number of aromatic amines is 1. The Morgan fingerprint density at radius 2 is 1.68 bits per heavy atom. The van der Waals surface area contributed by atoms with E-state index in [0.717, 1.165) is 27.9 Å². The maximum Gasteiger partial charge on any atom is 0.272 e. The molecule has 2 N–H and O–H groups in total. The van der Waals surface area contributed by atoms with E-state index >= 15 is 0 Å². The fourth-order valence-corrected chi connectivity index (χ4v) is 3.24. The highest BCUT2D eigenvalue weighted by atomic mass is 16.2. The fraction of sp³-hybridized carbons (Fsp3) is 0.227. The van der Waals surface area contributed by atoms with Gasteiger partial charge in [-0.05, 0) is 38.0 Å². The first-order valence-electron chi connectivity index (χ1n) is 9.09. The summed E-state index contributed by atoms with van der Waals surface area (Å²) in [4.78, 5) is 26.4. The third kappa shape index (κ3) is 4.28. The minimum Gasteiger partial charge on any atom is -0.331 e. The van der Waals surface area contributed by atoms with Crippen LogP contribution in [0.2, 0.25) is 0 Å². The molecule has 0 bridgehead atoms. The van der Waals surface area contributed by atoms with Crippen LogP contribution in [0.25, 0.3) is 11.3 Å². The zero-order valence-electron chi connectivity index (χ0n) is 16.5. The minimum atomic E-state index is -0.290. The van der Waals surface area contributed by atoms with E-state index in [9.17, 15) is 9.59 Å². The Balaban J connectivity index is 1.66. The van der Waals surface area contributed by atoms with Gasteiger partial charge in [-0.2, -0.15) is 5.10 Å². The van der Waals surface area contributed by atoms with E-state index in [1.165, 1.54) is 4.90 Å². The van der Waals surface area contributed by atoms with Crippen LogP contribution in [0.1, 0.15) is 27.2 Å². The van der Waals surface area contributed by atoms with E-state index < -0.39 is 0 Å². The molecule has 0 saturated carbocycles. The van der Waals surface area contributed by atoms with Crippen LogP contribution in [-0.2, 0) is 4.79 Å². The number of amides is 2. The summed E-state index contributed by atoms with van der Waals surface area (Å²) in [5.74, 6) is -0.532. The number of aromatic nitrogens is 2. The SMILES string of the molecule is Cc1cc(C)c(NC(=O)CN(C)C(=O)c2cc(-c3ccccc3)n[nH]2)c(C)c1. The summed E-state index contributed by atoms with van der Waals surface area (Å²) < 4.78 is 0. The average molecular weight is 376 g/mol. The van der Waals surface area contributed by atoms with Crippen LogP contribution in [0.3, 0.4) is 0 Å². The second-order valence-electron chi connectivity index (χ2n) is 7.02. The van der Waals surface area contributed by atoms with Gasteiger partial charge in [0.05, 0.1) is 12.2 Å². The molecule has 2 amide bonds. The molecular weight excluding hydrogens is 352 g/mol. The van der Waals surface area contributed by atoms with Crippen molar-refractivity contribution < 1.29 is 9.59 Å². The third-order valence-electron chi connectivity index (χ3n) is 4.55. The van der Waals surface area contributed by atoms with Crippen molar-refractivity contribution in [2.24, 2.45) is 0 Å². The Labute approximate surface area is 164 Å². The van der Waals surface area contributed by atoms with Crippen molar-refractivity contribution in [2.75, 3.05) is 18.9 Å². The lowest BCUT2D eigenvalue weighted by atomic mass is 10.1. The van der Waals surface area contributed by atoms with E-state index in [1.807, 2.05) is 63.2 Å². The van der Waals surface area contributed by atoms with Crippen molar-refractivity contribution in [3.63, 3.8) is 0 Å². The van der Waals surface area contributed by atoms with Crippen LogP contribution in [-0.4, -0.2) is 40.5 Å². The Morgan fingerprint density at radius 3 is 2.32 bits per heavy atom. The number of hydrogen-bond donors (Lipinski definition) is 2. The van der Waals surface area contributed by atoms with Crippen molar-refractivity contribution in [1.82, 2.24) is 15.1 Å². The maximum absolute atomic E-state index is 12.6. The number of H-pyrrole nitrogens is 1. The third-order valence-corrected chi connectivity index (χ3v) is 4.55. The molecule has 0 saturated heterocycles. The lowest BCUT2D eigenvalue weighted by Crippen LogP contribution is -2.35. The molecule has 1 aromatic heterocycles. The largest absolute Gasteiger partial charge is 0.331 e. The number of rotatable bonds is 5. The summed E-state index contributed by atoms with van der Waals surface area (Å²) >= 11 is 0. The van der Waals surface area contributed by atoms with Gasteiger partial charge in [-0.15, -0.1) is 0 Å². The highest BCUT2D eigenvalue weighted by Crippen LogP contribution is 2.22. The maximum atomic E-state index is 12.6. The molecule has 144 valence electrons. The Hall–Kier alpha value is -3.41. The molecule has 0 unspecified atom stereocenters. The van der Waals surface area contributed by atoms with Crippen molar-refractivity contribution in [2.45, 2.75) is 20.8 Å². The molecule has 0 radical (unpaired) electrons. The Bertz CT molecular complexity index is 985. The zero-order valence-corrected chi connectivity index (χ0v) is 16.5. The molecule has 2 aromatic carbocycles. The fourth-order valence-electron chi connectivity index (χ4n) is 3.24. The standard InChI is InChI=1S/C22H24N4O2/c1-14-10-15(2)21(16(3)11-14)23-20(27)13-26(4)22(28)19-12-18(24-25-19)17-8-6-5-7-9-17/h5-12H,13H2,1-4H3,(H,23,27)(H,24,25). The Morgan fingerprint density at radius 1 is 1.04 bits per heavy atom. The van der Waals surface area contributed by atoms with E-state index in [4.69, 9.17) is 0 Å². The summed E-state index contributed by atoms with van der Waals surface area (Å²) in [6.45, 7) is 5.89. The molecule has 0 aliphatic heterocycles. The number of benzene rings is 2. The molecule has 28 heavy (non-hydrogen) atoms. The molecule has 3 rings (SSSR count). The number of nitrogens with one attached hydrogen (secondary N) is 2. The molecule has 3 aromatic rings. The van der Waals surface area contributed by atoms with Crippen LogP contribution < -0.4 is 5.32 Å². The first-order chi connectivity index (χ1) is 13.3. The summed E-state index contributed by atoms with van der Waals surface area (Å²) in [6, 6.07) is 15.3. The molecule has 0 aliphatic rings. The van der Waals surface area contributed by atoms with E-state index in [0.29, 0.717) is 11.4 Å². The van der Waals surface area contributed by atoms with E-state index in [2.05, 4.69) is 15.5 Å². The zero-order chi connectivity index (χ0) is 20.3. The van der Waals surface area contributed by atoms with Crippen LogP contribution in [0.4, 0.5) is 5.69 Å². The van der Waals surface area contributed by atoms with Gasteiger partial charge in [0.25, 0.3) is 5.91 Å². The number of nitrogens with zero attached hydrogens (tertiary/aromatic N) is 2. The monoisotopic (exact) mass is 376 g/mol. The van der Waals surface area contributed by atoms with Crippen LogP contribution >= 0.6 is 0 Å². The predicted molar refractivity (Wildman–Crippen MR) is 110 cm³/mol. The molecule has 1 heterocycles. The van der Waals surface area contributed by atoms with Gasteiger partial charge in [0, 0.05) is 18.3 Å². The van der Waals surface area contributed by atoms with E-state index in [1.54, 1.807) is 13.1 Å². The van der Waals surface area contributed by atoms with Gasteiger partial charge >= 0.3 is 0 Å². The van der Waals surface area contributed by atoms with Crippen LogP contribution in [0.5, 0.6) is 0 Å². The van der Waals surface area contributed by atoms with Gasteiger partial charge in [0.1, 0.15) is 5.69 Å². The van der Waals surface area contributed by atoms with Gasteiger partial charge in [0.15, 0.2) is 0 Å². The first kappa shape index (κ1) is 19.4. The summed E-state index contributed by atoms with van der Waals surface area (Å²) in [6.07, 6.45) is 0. The topological polar surface area (TPSA) is 78.1 Å². The van der Waals surface area contributed by atoms with Gasteiger partial charge in [-0.1, -0.05) is 48.0 Å². The highest BCUT2D eigenvalue weighted by Gasteiger charge is 2.18. The van der Waals surface area contributed by atoms with Crippen molar-refractivity contribution in [1.29, 1.82) is 0 Å². The molecule has 0 aliphatic carbocycles. The van der Waals surface area contributed by atoms with Crippen molar-refractivity contribution in [3.8, 4) is 11.3 Å². The summed E-state index contributed by atoms with van der Waals surface area (Å²) in [5.41, 5.74) is 5.90. The first-order valence-corrected chi connectivity index (χ1v) is 9.09. The number of aryl methyl sites for hydroxylation is 3. The lowest BCUT2D eigenvalue weighted by molar-refractivity contribution is -0.116. The number of likely N-dealkylation sites (N-methyl/N-ethyl adjacent to an activating group) is 1. The molecule has 6 heteroatoms. The van der Waals surface area contributed by atoms with Crippen LogP contribution in [0.15, 0.2) is 48.5 Å². The van der Waals surface area contributed by atoms with Crippen molar-refractivity contribution >= 4 is 17.5 Å². The van der Waals surface area contributed by atoms with E-state index in [-0.39, 0.29) is 18.4 Å². The van der Waals surface area contributed by atoms with Gasteiger partial charge < -0.3 is 10.2 Å². The molecule has 0 fully saturated rings. The molecule has 6 nitrogen and oxygen atoms in total. The molecule has 0 spiro atoms. The second-order valence-corrected chi connectivity index (χ2v) is 7.02. The number of hydrogen-bond acceptors (Lipinski definition) is 3. The normalized spacial score (nSPS) is 10.6. The lowest BCUT2D eigenvalue weighted by Gasteiger charge is -2.17. The minimum absolute atomic E-state index is 0.0503. The highest BCUT2D eigenvalue weighted by molar-refractivity contribution is 5.99. The van der Waals surface area contributed by atoms with Gasteiger partial charge in [-0.25, -0.2) is 0 Å². The van der Waals surface area contributed by atoms with Crippen LogP contribution in [0, 0.1) is 20.8 Å².